The molecule has 0 heterocycles. The van der Waals surface area contributed by atoms with Crippen molar-refractivity contribution in [3.63, 3.8) is 0 Å². The Bertz CT molecular complexity index is 1280. The Balaban J connectivity index is 2.17. The molecule has 3 amide bonds. The first-order valence-electron chi connectivity index (χ1n) is 15.5. The van der Waals surface area contributed by atoms with Gasteiger partial charge in [0.15, 0.2) is 5.96 Å². The first kappa shape index (κ1) is 37.0. The quantitative estimate of drug-likeness (QED) is 0.0451. The van der Waals surface area contributed by atoms with Gasteiger partial charge in [0.25, 0.3) is 0 Å². The maximum Gasteiger partial charge on any atom is 0.243 e. The molecule has 11 N–H and O–H groups in total. The van der Waals surface area contributed by atoms with Crippen molar-refractivity contribution in [2.75, 3.05) is 26.7 Å². The van der Waals surface area contributed by atoms with Gasteiger partial charge in [-0.2, -0.15) is 0 Å². The molecule has 0 radical (unpaired) electrons. The molecule has 13 heteroatoms. The average molecular weight is 627 g/mol. The summed E-state index contributed by atoms with van der Waals surface area (Å²) in [4.78, 5) is 55.8. The maximum absolute atomic E-state index is 13.6. The number of unbranched alkanes of at least 4 members (excludes halogenated alkanes) is 2. The van der Waals surface area contributed by atoms with Crippen molar-refractivity contribution in [1.82, 2.24) is 16.0 Å². The number of hydrogen-bond donors (Lipinski definition) is 7. The number of nitrogens with one attached hydrogen (secondary N) is 3. The number of amides is 3. The van der Waals surface area contributed by atoms with E-state index in [2.05, 4.69) is 20.9 Å². The molecular formula is C32H50N8O5. The highest BCUT2D eigenvalue weighted by Crippen LogP contribution is 2.25. The third-order valence-electron chi connectivity index (χ3n) is 7.58. The van der Waals surface area contributed by atoms with Crippen molar-refractivity contribution < 1.29 is 23.9 Å². The number of rotatable bonds is 21. The van der Waals surface area contributed by atoms with Crippen LogP contribution in [0, 0.1) is 0 Å². The van der Waals surface area contributed by atoms with E-state index in [1.54, 1.807) is 14.0 Å². The fourth-order valence-corrected chi connectivity index (χ4v) is 4.86. The summed E-state index contributed by atoms with van der Waals surface area (Å²) in [6, 6.07) is 8.91. The van der Waals surface area contributed by atoms with Crippen LogP contribution >= 0.6 is 0 Å². The number of aliphatic imine (C=N–C) groups is 1. The van der Waals surface area contributed by atoms with Gasteiger partial charge >= 0.3 is 0 Å². The molecule has 248 valence electrons. The monoisotopic (exact) mass is 626 g/mol. The lowest BCUT2D eigenvalue weighted by molar-refractivity contribution is -0.133. The second kappa shape index (κ2) is 19.9. The molecule has 0 bridgehead atoms. The zero-order chi connectivity index (χ0) is 33.2. The van der Waals surface area contributed by atoms with Gasteiger partial charge in [0.05, 0.1) is 19.1 Å². The van der Waals surface area contributed by atoms with Crippen LogP contribution in [-0.4, -0.2) is 74.8 Å². The van der Waals surface area contributed by atoms with E-state index in [-0.39, 0.29) is 11.9 Å². The van der Waals surface area contributed by atoms with Crippen molar-refractivity contribution >= 4 is 40.7 Å². The molecule has 0 spiro atoms. The van der Waals surface area contributed by atoms with Crippen molar-refractivity contribution in [2.45, 2.75) is 82.3 Å². The van der Waals surface area contributed by atoms with Gasteiger partial charge < -0.3 is 48.4 Å². The Labute approximate surface area is 265 Å². The number of nitrogens with zero attached hydrogens (tertiary/aromatic N) is 1. The standard InChI is InChI=1S/C32H50N8O5/c1-21(23-12-11-22-13-14-26(45-2)19-24(22)18-23)29(42)39-28(10-4-6-16-34)31(44)40-27(9-3-5-15-33)30(43)38-25(20-41)8-7-17-37-32(35)36/h11-14,18-21,25,27-28H,3-10,15-17,33-34H2,1-2H3,(H,38,43)(H,39,42)(H,40,44)(H4,35,36,37)/t21-,25-,27-,28-/m0/s1. The normalized spacial score (nSPS) is 13.6. The summed E-state index contributed by atoms with van der Waals surface area (Å²) < 4.78 is 5.33. The Hall–Kier alpha value is -4.23. The summed E-state index contributed by atoms with van der Waals surface area (Å²) in [6.45, 7) is 2.97. The summed E-state index contributed by atoms with van der Waals surface area (Å²) in [5.41, 5.74) is 22.8. The Kier molecular flexibility index (Phi) is 16.4. The van der Waals surface area contributed by atoms with Crippen LogP contribution < -0.4 is 43.6 Å². The van der Waals surface area contributed by atoms with Crippen molar-refractivity contribution in [2.24, 2.45) is 27.9 Å². The molecule has 45 heavy (non-hydrogen) atoms. The fourth-order valence-electron chi connectivity index (χ4n) is 4.86. The first-order valence-corrected chi connectivity index (χ1v) is 15.5. The number of aldehydes is 1. The molecule has 0 saturated carbocycles. The van der Waals surface area contributed by atoms with E-state index in [1.165, 1.54) is 0 Å². The number of fused-ring (bicyclic) bond motifs is 1. The van der Waals surface area contributed by atoms with Crippen LogP contribution in [0.3, 0.4) is 0 Å². The molecular weight excluding hydrogens is 576 g/mol. The van der Waals surface area contributed by atoms with E-state index < -0.39 is 35.9 Å². The molecule has 0 aromatic heterocycles. The van der Waals surface area contributed by atoms with Crippen LogP contribution in [0.25, 0.3) is 10.8 Å². The summed E-state index contributed by atoms with van der Waals surface area (Å²) >= 11 is 0. The van der Waals surface area contributed by atoms with E-state index >= 15 is 0 Å². The van der Waals surface area contributed by atoms with Gasteiger partial charge in [-0.15, -0.1) is 0 Å². The van der Waals surface area contributed by atoms with Gasteiger partial charge in [-0.3, -0.25) is 19.4 Å². The summed E-state index contributed by atoms with van der Waals surface area (Å²) in [6.07, 6.45) is 4.61. The van der Waals surface area contributed by atoms with Gasteiger partial charge in [-0.05, 0) is 99.8 Å². The minimum Gasteiger partial charge on any atom is -0.497 e. The second-order valence-electron chi connectivity index (χ2n) is 11.1. The highest BCUT2D eigenvalue weighted by atomic mass is 16.5. The van der Waals surface area contributed by atoms with Crippen LogP contribution in [0.2, 0.25) is 0 Å². The summed E-state index contributed by atoms with van der Waals surface area (Å²) in [5.74, 6) is -1.20. The van der Waals surface area contributed by atoms with Crippen molar-refractivity contribution in [3.05, 3.63) is 42.0 Å². The predicted octanol–water partition coefficient (Wildman–Crippen LogP) is 0.917. The van der Waals surface area contributed by atoms with E-state index in [1.807, 2.05) is 36.4 Å². The minimum absolute atomic E-state index is 0.0511. The van der Waals surface area contributed by atoms with Crippen LogP contribution in [0.5, 0.6) is 5.75 Å². The Morgan fingerprint density at radius 2 is 1.40 bits per heavy atom. The number of benzene rings is 2. The lowest BCUT2D eigenvalue weighted by Crippen LogP contribution is -2.55. The van der Waals surface area contributed by atoms with Gasteiger partial charge in [0, 0.05) is 6.54 Å². The number of hydrogen-bond acceptors (Lipinski definition) is 8. The summed E-state index contributed by atoms with van der Waals surface area (Å²) in [7, 11) is 1.60. The highest BCUT2D eigenvalue weighted by molar-refractivity contribution is 5.94. The smallest absolute Gasteiger partial charge is 0.243 e. The number of nitrogens with two attached hydrogens (primary N) is 4. The number of carbonyl (C=O) groups is 4. The first-order chi connectivity index (χ1) is 21.6. The second-order valence-corrected chi connectivity index (χ2v) is 11.1. The molecule has 0 aliphatic carbocycles. The van der Waals surface area contributed by atoms with Gasteiger partial charge in [-0.1, -0.05) is 24.3 Å². The van der Waals surface area contributed by atoms with Crippen LogP contribution in [0.1, 0.15) is 69.8 Å². The Morgan fingerprint density at radius 1 is 0.800 bits per heavy atom. The summed E-state index contributed by atoms with van der Waals surface area (Å²) in [5, 5.41) is 10.4. The molecule has 0 saturated heterocycles. The average Bonchev–Trinajstić information content (AvgIpc) is 3.03. The van der Waals surface area contributed by atoms with Gasteiger partial charge in [0.2, 0.25) is 17.7 Å². The molecule has 0 fully saturated rings. The topological polar surface area (TPSA) is 230 Å². The van der Waals surface area contributed by atoms with Crippen LogP contribution in [0.15, 0.2) is 41.4 Å². The predicted molar refractivity (Wildman–Crippen MR) is 176 cm³/mol. The van der Waals surface area contributed by atoms with Crippen LogP contribution in [0.4, 0.5) is 0 Å². The van der Waals surface area contributed by atoms with E-state index in [4.69, 9.17) is 27.7 Å². The van der Waals surface area contributed by atoms with E-state index in [9.17, 15) is 19.2 Å². The number of ether oxygens (including phenoxy) is 1. The zero-order valence-electron chi connectivity index (χ0n) is 26.4. The molecule has 13 nitrogen and oxygen atoms in total. The molecule has 2 aromatic rings. The number of carbonyl (C=O) groups excluding carboxylic acids is 4. The van der Waals surface area contributed by atoms with Gasteiger partial charge in [0.1, 0.15) is 24.1 Å². The minimum atomic E-state index is -0.925. The van der Waals surface area contributed by atoms with Crippen molar-refractivity contribution in [1.29, 1.82) is 0 Å². The fraction of sp³-hybridized carbons (Fsp3) is 0.531. The molecule has 0 unspecified atom stereocenters. The Morgan fingerprint density at radius 3 is 1.98 bits per heavy atom. The van der Waals surface area contributed by atoms with Crippen LogP contribution in [-0.2, 0) is 19.2 Å². The molecule has 4 atom stereocenters. The van der Waals surface area contributed by atoms with Crippen molar-refractivity contribution in [3.8, 4) is 5.75 Å². The molecule has 2 aromatic carbocycles. The highest BCUT2D eigenvalue weighted by Gasteiger charge is 2.29. The van der Waals surface area contributed by atoms with E-state index in [0.29, 0.717) is 83.0 Å². The largest absolute Gasteiger partial charge is 0.497 e. The molecule has 0 aliphatic heterocycles. The SMILES string of the molecule is COc1ccc2ccc([C@H](C)C(=O)N[C@@H](CCCCN)C(=O)N[C@@H](CCCCN)C(=O)N[C@H](C=O)CCCN=C(N)N)cc2c1. The third kappa shape index (κ3) is 12.7. The maximum atomic E-state index is 13.6. The molecule has 0 aliphatic rings. The zero-order valence-corrected chi connectivity index (χ0v) is 26.4. The third-order valence-corrected chi connectivity index (χ3v) is 7.58. The number of guanidine groups is 1. The molecule has 2 rings (SSSR count). The number of methoxy groups -OCH3 is 1. The van der Waals surface area contributed by atoms with E-state index in [0.717, 1.165) is 16.3 Å². The van der Waals surface area contributed by atoms with Gasteiger partial charge in [-0.25, -0.2) is 0 Å². The lowest BCUT2D eigenvalue weighted by atomic mass is 9.96. The lowest BCUT2D eigenvalue weighted by Gasteiger charge is -2.25.